The average molecular weight is 274 g/mol. The second-order valence-electron chi connectivity index (χ2n) is 5.99. The third-order valence-corrected chi connectivity index (χ3v) is 4.87. The minimum atomic E-state index is -0.0209. The van der Waals surface area contributed by atoms with Crippen molar-refractivity contribution < 1.29 is 9.90 Å². The number of fused-ring (bicyclic) bond motifs is 1. The van der Waals surface area contributed by atoms with Crippen LogP contribution >= 0.6 is 0 Å². The number of carbonyl (C=O) groups excluding carboxylic acids is 1. The Labute approximate surface area is 119 Å². The highest BCUT2D eigenvalue weighted by Gasteiger charge is 2.45. The van der Waals surface area contributed by atoms with Crippen molar-refractivity contribution in [3.05, 3.63) is 29.3 Å². The predicted octanol–water partition coefficient (Wildman–Crippen LogP) is 1.77. The molecular weight excluding hydrogens is 252 g/mol. The molecule has 4 heteroatoms. The molecule has 4 nitrogen and oxygen atoms in total. The van der Waals surface area contributed by atoms with E-state index in [1.807, 2.05) is 24.0 Å². The molecule has 3 atom stereocenters. The van der Waals surface area contributed by atoms with E-state index in [0.717, 1.165) is 31.6 Å². The molecule has 2 heterocycles. The van der Waals surface area contributed by atoms with Crippen LogP contribution in [0.4, 0.5) is 0 Å². The van der Waals surface area contributed by atoms with Crippen LogP contribution in [0.5, 0.6) is 5.75 Å². The normalized spacial score (nSPS) is 28.7. The van der Waals surface area contributed by atoms with E-state index in [9.17, 15) is 9.90 Å². The van der Waals surface area contributed by atoms with E-state index < -0.39 is 0 Å². The van der Waals surface area contributed by atoms with Gasteiger partial charge in [0.25, 0.3) is 5.91 Å². The maximum atomic E-state index is 12.8. The Morgan fingerprint density at radius 2 is 2.25 bits per heavy atom. The number of phenols is 1. The second kappa shape index (κ2) is 5.09. The van der Waals surface area contributed by atoms with Crippen molar-refractivity contribution >= 4 is 5.91 Å². The van der Waals surface area contributed by atoms with Gasteiger partial charge in [-0.25, -0.2) is 0 Å². The van der Waals surface area contributed by atoms with Crippen LogP contribution in [0.3, 0.4) is 0 Å². The molecule has 3 unspecified atom stereocenters. The summed E-state index contributed by atoms with van der Waals surface area (Å²) in [5.41, 5.74) is 1.20. The van der Waals surface area contributed by atoms with E-state index in [0.29, 0.717) is 23.4 Å². The number of aromatic hydroxyl groups is 1. The molecule has 0 saturated carbocycles. The van der Waals surface area contributed by atoms with E-state index in [1.54, 1.807) is 6.07 Å². The highest BCUT2D eigenvalue weighted by atomic mass is 16.3. The zero-order chi connectivity index (χ0) is 14.3. The first-order chi connectivity index (χ1) is 9.63. The smallest absolute Gasteiger partial charge is 0.257 e. The largest absolute Gasteiger partial charge is 0.507 e. The van der Waals surface area contributed by atoms with Crippen LogP contribution in [0.25, 0.3) is 0 Å². The molecule has 0 aromatic heterocycles. The SMILES string of the molecule is CCC1C2CNCC2CN1C(=O)c1cccc(C)c1O. The molecule has 0 spiro atoms. The van der Waals surface area contributed by atoms with Gasteiger partial charge in [0.05, 0.1) is 5.56 Å². The van der Waals surface area contributed by atoms with Gasteiger partial charge in [-0.05, 0) is 36.8 Å². The van der Waals surface area contributed by atoms with E-state index in [2.05, 4.69) is 12.2 Å². The van der Waals surface area contributed by atoms with Gasteiger partial charge in [0, 0.05) is 25.7 Å². The van der Waals surface area contributed by atoms with Gasteiger partial charge in [0.15, 0.2) is 0 Å². The Bertz CT molecular complexity index is 529. The quantitative estimate of drug-likeness (QED) is 0.864. The lowest BCUT2D eigenvalue weighted by molar-refractivity contribution is 0.0708. The Hall–Kier alpha value is -1.55. The fraction of sp³-hybridized carbons (Fsp3) is 0.562. The molecule has 0 bridgehead atoms. The summed E-state index contributed by atoms with van der Waals surface area (Å²) in [5.74, 6) is 1.24. The summed E-state index contributed by atoms with van der Waals surface area (Å²) < 4.78 is 0. The molecule has 20 heavy (non-hydrogen) atoms. The first kappa shape index (κ1) is 13.4. The van der Waals surface area contributed by atoms with Crippen molar-refractivity contribution in [1.29, 1.82) is 0 Å². The molecular formula is C16H22N2O2. The highest BCUT2D eigenvalue weighted by molar-refractivity contribution is 5.97. The van der Waals surface area contributed by atoms with Crippen LogP contribution < -0.4 is 5.32 Å². The third-order valence-electron chi connectivity index (χ3n) is 4.87. The molecule has 1 aromatic carbocycles. The first-order valence-electron chi connectivity index (χ1n) is 7.43. The number of rotatable bonds is 2. The highest BCUT2D eigenvalue weighted by Crippen LogP contribution is 2.36. The number of benzene rings is 1. The molecule has 1 aromatic rings. The van der Waals surface area contributed by atoms with Crippen molar-refractivity contribution in [1.82, 2.24) is 10.2 Å². The molecule has 2 fully saturated rings. The third kappa shape index (κ3) is 1.99. The van der Waals surface area contributed by atoms with Crippen LogP contribution in [-0.4, -0.2) is 41.6 Å². The number of nitrogens with one attached hydrogen (secondary N) is 1. The van der Waals surface area contributed by atoms with Crippen molar-refractivity contribution in [2.75, 3.05) is 19.6 Å². The molecule has 2 aliphatic heterocycles. The summed E-state index contributed by atoms with van der Waals surface area (Å²) in [7, 11) is 0. The number of carbonyl (C=O) groups is 1. The summed E-state index contributed by atoms with van der Waals surface area (Å²) >= 11 is 0. The summed E-state index contributed by atoms with van der Waals surface area (Å²) in [6.07, 6.45) is 0.973. The van der Waals surface area contributed by atoms with Crippen LogP contribution in [0.1, 0.15) is 29.3 Å². The van der Waals surface area contributed by atoms with Crippen molar-refractivity contribution in [3.8, 4) is 5.75 Å². The average Bonchev–Trinajstić information content (AvgIpc) is 3.01. The van der Waals surface area contributed by atoms with Gasteiger partial charge in [-0.15, -0.1) is 0 Å². The first-order valence-corrected chi connectivity index (χ1v) is 7.43. The monoisotopic (exact) mass is 274 g/mol. The number of hydrogen-bond acceptors (Lipinski definition) is 3. The van der Waals surface area contributed by atoms with Crippen LogP contribution in [0.15, 0.2) is 18.2 Å². The number of para-hydroxylation sites is 1. The van der Waals surface area contributed by atoms with Crippen molar-refractivity contribution in [2.24, 2.45) is 11.8 Å². The number of amides is 1. The summed E-state index contributed by atoms with van der Waals surface area (Å²) in [5, 5.41) is 13.6. The number of nitrogens with zero attached hydrogens (tertiary/aromatic N) is 1. The molecule has 2 aliphatic rings. The lowest BCUT2D eigenvalue weighted by atomic mass is 9.93. The van der Waals surface area contributed by atoms with Gasteiger partial charge in [0.2, 0.25) is 0 Å². The molecule has 2 N–H and O–H groups in total. The predicted molar refractivity (Wildman–Crippen MR) is 77.8 cm³/mol. The number of hydrogen-bond donors (Lipinski definition) is 2. The number of likely N-dealkylation sites (tertiary alicyclic amines) is 1. The maximum Gasteiger partial charge on any atom is 0.257 e. The number of phenolic OH excluding ortho intramolecular Hbond substituents is 1. The Kier molecular flexibility index (Phi) is 3.42. The minimum Gasteiger partial charge on any atom is -0.507 e. The Balaban J connectivity index is 1.89. The summed E-state index contributed by atoms with van der Waals surface area (Å²) in [6.45, 7) is 6.79. The summed E-state index contributed by atoms with van der Waals surface area (Å²) in [6, 6.07) is 5.68. The molecule has 108 valence electrons. The Morgan fingerprint density at radius 3 is 3.00 bits per heavy atom. The van der Waals surface area contributed by atoms with Crippen LogP contribution in [-0.2, 0) is 0 Å². The van der Waals surface area contributed by atoms with Crippen LogP contribution in [0.2, 0.25) is 0 Å². The molecule has 0 aliphatic carbocycles. The second-order valence-corrected chi connectivity index (χ2v) is 5.99. The molecule has 1 amide bonds. The summed E-state index contributed by atoms with van der Waals surface area (Å²) in [4.78, 5) is 14.7. The van der Waals surface area contributed by atoms with Gasteiger partial charge in [-0.1, -0.05) is 19.1 Å². The fourth-order valence-corrected chi connectivity index (χ4v) is 3.77. The van der Waals surface area contributed by atoms with E-state index in [4.69, 9.17) is 0 Å². The molecule has 3 rings (SSSR count). The van der Waals surface area contributed by atoms with Crippen LogP contribution in [0, 0.1) is 18.8 Å². The topological polar surface area (TPSA) is 52.6 Å². The van der Waals surface area contributed by atoms with E-state index in [-0.39, 0.29) is 11.7 Å². The fourth-order valence-electron chi connectivity index (χ4n) is 3.77. The van der Waals surface area contributed by atoms with E-state index in [1.165, 1.54) is 0 Å². The molecule has 0 radical (unpaired) electrons. The van der Waals surface area contributed by atoms with Gasteiger partial charge < -0.3 is 15.3 Å². The number of aryl methyl sites for hydroxylation is 1. The van der Waals surface area contributed by atoms with Crippen molar-refractivity contribution in [3.63, 3.8) is 0 Å². The van der Waals surface area contributed by atoms with E-state index >= 15 is 0 Å². The maximum absolute atomic E-state index is 12.8. The van der Waals surface area contributed by atoms with Crippen molar-refractivity contribution in [2.45, 2.75) is 26.3 Å². The zero-order valence-corrected chi connectivity index (χ0v) is 12.1. The lowest BCUT2D eigenvalue weighted by Crippen LogP contribution is -2.39. The van der Waals surface area contributed by atoms with Gasteiger partial charge in [0.1, 0.15) is 5.75 Å². The van der Waals surface area contributed by atoms with Gasteiger partial charge >= 0.3 is 0 Å². The van der Waals surface area contributed by atoms with Gasteiger partial charge in [-0.2, -0.15) is 0 Å². The van der Waals surface area contributed by atoms with Gasteiger partial charge in [-0.3, -0.25) is 4.79 Å². The minimum absolute atomic E-state index is 0.0209. The lowest BCUT2D eigenvalue weighted by Gasteiger charge is -2.27. The standard InChI is InChI=1S/C16H22N2O2/c1-3-14-13-8-17-7-11(13)9-18(14)16(20)12-6-4-5-10(2)15(12)19/h4-6,11,13-14,17,19H,3,7-9H2,1-2H3. The zero-order valence-electron chi connectivity index (χ0n) is 12.1. The molecule has 2 saturated heterocycles. The Morgan fingerprint density at radius 1 is 1.45 bits per heavy atom.